The first-order valence-corrected chi connectivity index (χ1v) is 7.32. The van der Waals surface area contributed by atoms with Crippen LogP contribution in [0.15, 0.2) is 28.2 Å². The Morgan fingerprint density at radius 2 is 2.39 bits per heavy atom. The maximum Gasteiger partial charge on any atom is 0.103 e. The highest BCUT2D eigenvalue weighted by Crippen LogP contribution is 2.14. The van der Waals surface area contributed by atoms with Crippen molar-refractivity contribution in [1.82, 2.24) is 10.3 Å². The monoisotopic (exact) mass is 264 g/mol. The summed E-state index contributed by atoms with van der Waals surface area (Å²) < 4.78 is 5.38. The Bertz CT molecular complexity index is 450. The van der Waals surface area contributed by atoms with Crippen LogP contribution in [0.5, 0.6) is 0 Å². The number of aromatic nitrogens is 1. The summed E-state index contributed by atoms with van der Waals surface area (Å²) in [6, 6.07) is 4.46. The van der Waals surface area contributed by atoms with Crippen molar-refractivity contribution in [1.29, 1.82) is 0 Å². The van der Waals surface area contributed by atoms with Crippen molar-refractivity contribution in [3.8, 4) is 0 Å². The molecule has 0 aromatic carbocycles. The lowest BCUT2D eigenvalue weighted by Crippen LogP contribution is -2.31. The third-order valence-corrected chi connectivity index (χ3v) is 3.89. The molecule has 2 heterocycles. The van der Waals surface area contributed by atoms with E-state index in [1.807, 2.05) is 19.1 Å². The highest BCUT2D eigenvalue weighted by atomic mass is 32.1. The smallest absolute Gasteiger partial charge is 0.103 e. The first-order chi connectivity index (χ1) is 8.78. The zero-order chi connectivity index (χ0) is 12.8. The Hall–Kier alpha value is -1.13. The van der Waals surface area contributed by atoms with Gasteiger partial charge >= 0.3 is 0 Å². The van der Waals surface area contributed by atoms with Crippen LogP contribution < -0.4 is 5.32 Å². The van der Waals surface area contributed by atoms with Gasteiger partial charge in [-0.1, -0.05) is 6.92 Å². The number of nitrogens with zero attached hydrogens (tertiary/aromatic N) is 1. The molecule has 18 heavy (non-hydrogen) atoms. The molecule has 0 spiro atoms. The van der Waals surface area contributed by atoms with Crippen molar-refractivity contribution in [3.63, 3.8) is 0 Å². The van der Waals surface area contributed by atoms with Crippen LogP contribution in [-0.4, -0.2) is 17.6 Å². The van der Waals surface area contributed by atoms with Gasteiger partial charge in [-0.3, -0.25) is 0 Å². The molecule has 0 saturated heterocycles. The maximum absolute atomic E-state index is 5.38. The Kier molecular flexibility index (Phi) is 4.96. The molecule has 3 nitrogen and oxygen atoms in total. The predicted molar refractivity (Wildman–Crippen MR) is 75.0 cm³/mol. The van der Waals surface area contributed by atoms with Gasteiger partial charge in [-0.25, -0.2) is 4.98 Å². The van der Waals surface area contributed by atoms with Crippen molar-refractivity contribution in [2.75, 3.05) is 6.54 Å². The lowest BCUT2D eigenvalue weighted by atomic mass is 10.1. The van der Waals surface area contributed by atoms with Crippen molar-refractivity contribution < 1.29 is 4.42 Å². The Morgan fingerprint density at radius 1 is 1.50 bits per heavy atom. The molecular weight excluding hydrogens is 244 g/mol. The second-order valence-corrected chi connectivity index (χ2v) is 5.40. The molecule has 0 amide bonds. The summed E-state index contributed by atoms with van der Waals surface area (Å²) in [6.45, 7) is 5.19. The molecule has 0 bridgehead atoms. The minimum atomic E-state index is 0.477. The molecule has 4 heteroatoms. The van der Waals surface area contributed by atoms with Crippen molar-refractivity contribution in [3.05, 3.63) is 40.2 Å². The van der Waals surface area contributed by atoms with Crippen LogP contribution in [0.1, 0.15) is 29.8 Å². The van der Waals surface area contributed by atoms with E-state index in [0.29, 0.717) is 6.04 Å². The second kappa shape index (κ2) is 6.71. The highest BCUT2D eigenvalue weighted by molar-refractivity contribution is 7.09. The number of thiazole rings is 1. The normalized spacial score (nSPS) is 12.8. The van der Waals surface area contributed by atoms with Crippen LogP contribution in [0.25, 0.3) is 0 Å². The molecule has 98 valence electrons. The van der Waals surface area contributed by atoms with Gasteiger partial charge in [0.25, 0.3) is 0 Å². The Labute approximate surface area is 112 Å². The van der Waals surface area contributed by atoms with Crippen LogP contribution >= 0.6 is 11.3 Å². The fraction of sp³-hybridized carbons (Fsp3) is 0.500. The number of furan rings is 1. The van der Waals surface area contributed by atoms with Gasteiger partial charge < -0.3 is 9.73 Å². The molecule has 0 radical (unpaired) electrons. The molecular formula is C14H20N2OS. The standard InChI is InChI=1S/C14H20N2OS/c1-3-15-12(6-7-13-5-4-8-17-13)9-14-16-11(2)10-18-14/h4-5,8,10,12,15H,3,6-7,9H2,1-2H3. The Balaban J connectivity index is 1.87. The average Bonchev–Trinajstić information content (AvgIpc) is 2.98. The summed E-state index contributed by atoms with van der Waals surface area (Å²) >= 11 is 1.75. The third kappa shape index (κ3) is 3.96. The van der Waals surface area contributed by atoms with E-state index >= 15 is 0 Å². The van der Waals surface area contributed by atoms with Crippen LogP contribution in [0, 0.1) is 6.92 Å². The van der Waals surface area contributed by atoms with Crippen LogP contribution in [0.2, 0.25) is 0 Å². The number of hydrogen-bond donors (Lipinski definition) is 1. The van der Waals surface area contributed by atoms with Gasteiger partial charge in [0.1, 0.15) is 5.76 Å². The summed E-state index contributed by atoms with van der Waals surface area (Å²) in [4.78, 5) is 4.53. The first-order valence-electron chi connectivity index (χ1n) is 6.44. The van der Waals surface area contributed by atoms with E-state index in [9.17, 15) is 0 Å². The summed E-state index contributed by atoms with van der Waals surface area (Å²) in [5, 5.41) is 6.86. The van der Waals surface area contributed by atoms with Gasteiger partial charge in [0.15, 0.2) is 0 Å². The Morgan fingerprint density at radius 3 is 3.00 bits per heavy atom. The molecule has 0 aliphatic heterocycles. The van der Waals surface area contributed by atoms with Crippen LogP contribution in [0.3, 0.4) is 0 Å². The number of rotatable bonds is 7. The van der Waals surface area contributed by atoms with E-state index in [0.717, 1.165) is 37.3 Å². The van der Waals surface area contributed by atoms with Crippen molar-refractivity contribution >= 4 is 11.3 Å². The van der Waals surface area contributed by atoms with Crippen LogP contribution in [-0.2, 0) is 12.8 Å². The summed E-state index contributed by atoms with van der Waals surface area (Å²) in [7, 11) is 0. The van der Waals surface area contributed by atoms with Crippen molar-refractivity contribution in [2.24, 2.45) is 0 Å². The molecule has 0 fully saturated rings. The third-order valence-electron chi connectivity index (χ3n) is 2.90. The summed E-state index contributed by atoms with van der Waals surface area (Å²) in [5.74, 6) is 1.06. The quantitative estimate of drug-likeness (QED) is 0.834. The topological polar surface area (TPSA) is 38.1 Å². The minimum absolute atomic E-state index is 0.477. The first kappa shape index (κ1) is 13.3. The number of likely N-dealkylation sites (N-methyl/N-ethyl adjacent to an activating group) is 1. The fourth-order valence-corrected chi connectivity index (χ4v) is 2.90. The van der Waals surface area contributed by atoms with Gasteiger partial charge in [-0.05, 0) is 32.0 Å². The van der Waals surface area contributed by atoms with E-state index < -0.39 is 0 Å². The number of hydrogen-bond acceptors (Lipinski definition) is 4. The average molecular weight is 264 g/mol. The molecule has 0 aliphatic rings. The van der Waals surface area contributed by atoms with E-state index in [1.165, 1.54) is 5.01 Å². The summed E-state index contributed by atoms with van der Waals surface area (Å²) in [5.41, 5.74) is 1.12. The zero-order valence-electron chi connectivity index (χ0n) is 11.0. The fourth-order valence-electron chi connectivity index (χ4n) is 2.04. The molecule has 1 unspecified atom stereocenters. The molecule has 1 N–H and O–H groups in total. The van der Waals surface area contributed by atoms with Crippen molar-refractivity contribution in [2.45, 2.75) is 39.2 Å². The van der Waals surface area contributed by atoms with E-state index in [4.69, 9.17) is 4.42 Å². The van der Waals surface area contributed by atoms with Crippen LogP contribution in [0.4, 0.5) is 0 Å². The predicted octanol–water partition coefficient (Wildman–Crippen LogP) is 3.20. The molecule has 1 atom stereocenters. The van der Waals surface area contributed by atoms with Gasteiger partial charge in [0, 0.05) is 30.0 Å². The molecule has 2 aromatic heterocycles. The molecule has 0 aliphatic carbocycles. The van der Waals surface area contributed by atoms with E-state index in [-0.39, 0.29) is 0 Å². The lowest BCUT2D eigenvalue weighted by molar-refractivity contribution is 0.447. The van der Waals surface area contributed by atoms with Gasteiger partial charge in [-0.2, -0.15) is 0 Å². The SMILES string of the molecule is CCNC(CCc1ccco1)Cc1nc(C)cs1. The zero-order valence-corrected chi connectivity index (χ0v) is 11.8. The largest absolute Gasteiger partial charge is 0.469 e. The minimum Gasteiger partial charge on any atom is -0.469 e. The highest BCUT2D eigenvalue weighted by Gasteiger charge is 2.11. The molecule has 2 rings (SSSR count). The van der Waals surface area contributed by atoms with Gasteiger partial charge in [-0.15, -0.1) is 11.3 Å². The summed E-state index contributed by atoms with van der Waals surface area (Å²) in [6.07, 6.45) is 4.81. The molecule has 2 aromatic rings. The maximum atomic E-state index is 5.38. The number of aryl methyl sites for hydroxylation is 2. The second-order valence-electron chi connectivity index (χ2n) is 4.46. The van der Waals surface area contributed by atoms with Gasteiger partial charge in [0.05, 0.1) is 11.3 Å². The van der Waals surface area contributed by atoms with E-state index in [2.05, 4.69) is 22.6 Å². The lowest BCUT2D eigenvalue weighted by Gasteiger charge is -2.15. The van der Waals surface area contributed by atoms with E-state index in [1.54, 1.807) is 17.6 Å². The molecule has 0 saturated carbocycles. The van der Waals surface area contributed by atoms with Gasteiger partial charge in [0.2, 0.25) is 0 Å². The number of nitrogens with one attached hydrogen (secondary N) is 1.